The van der Waals surface area contributed by atoms with Crippen molar-refractivity contribution in [2.45, 2.75) is 20.3 Å². The summed E-state index contributed by atoms with van der Waals surface area (Å²) in [6.45, 7) is 4.69. The molecule has 0 aliphatic carbocycles. The molecule has 0 fully saturated rings. The van der Waals surface area contributed by atoms with E-state index in [1.54, 1.807) is 18.5 Å². The Morgan fingerprint density at radius 1 is 1.37 bits per heavy atom. The molecule has 0 saturated carbocycles. The largest absolute Gasteiger partial charge is 0.383 e. The molecule has 2 aromatic heterocycles. The third-order valence-corrected chi connectivity index (χ3v) is 3.41. The number of anilines is 2. The van der Waals surface area contributed by atoms with Crippen LogP contribution in [0.3, 0.4) is 0 Å². The molecule has 2 rings (SSSR count). The smallest absolute Gasteiger partial charge is 0.259 e. The van der Waals surface area contributed by atoms with Crippen LogP contribution < -0.4 is 10.6 Å². The Bertz CT molecular complexity index is 569. The summed E-state index contributed by atoms with van der Waals surface area (Å²) in [6, 6.07) is 1.68. The Morgan fingerprint density at radius 2 is 2.21 bits per heavy atom. The van der Waals surface area contributed by atoms with Gasteiger partial charge in [-0.15, -0.1) is 10.2 Å². The fourth-order valence-electron chi connectivity index (χ4n) is 1.54. The number of nitrogens with zero attached hydrogens (tertiary/aromatic N) is 3. The van der Waals surface area contributed by atoms with Crippen molar-refractivity contribution in [1.29, 1.82) is 0 Å². The zero-order valence-electron chi connectivity index (χ0n) is 10.8. The Morgan fingerprint density at radius 3 is 2.89 bits per heavy atom. The molecule has 0 aromatic carbocycles. The van der Waals surface area contributed by atoms with Crippen molar-refractivity contribution in [2.24, 2.45) is 0 Å². The number of aromatic nitrogens is 3. The normalized spacial score (nSPS) is 10.2. The molecule has 2 heterocycles. The van der Waals surface area contributed by atoms with Gasteiger partial charge in [-0.05, 0) is 19.4 Å². The van der Waals surface area contributed by atoms with Crippen LogP contribution in [0.4, 0.5) is 10.8 Å². The second-order valence-electron chi connectivity index (χ2n) is 3.76. The van der Waals surface area contributed by atoms with Crippen LogP contribution in [0.5, 0.6) is 0 Å². The lowest BCUT2D eigenvalue weighted by Crippen LogP contribution is -2.14. The SMILES string of the molecule is CCNc1cnccc1C(=O)Nc1nnc(CC)s1. The zero-order chi connectivity index (χ0) is 13.7. The Kier molecular flexibility index (Phi) is 4.40. The van der Waals surface area contributed by atoms with Gasteiger partial charge in [0.2, 0.25) is 5.13 Å². The molecule has 0 aliphatic rings. The van der Waals surface area contributed by atoms with E-state index in [2.05, 4.69) is 25.8 Å². The number of aryl methyl sites for hydroxylation is 1. The van der Waals surface area contributed by atoms with Gasteiger partial charge in [-0.3, -0.25) is 15.1 Å². The third kappa shape index (κ3) is 3.25. The molecular formula is C12H15N5OS. The van der Waals surface area contributed by atoms with Crippen LogP contribution in [0, 0.1) is 0 Å². The van der Waals surface area contributed by atoms with E-state index < -0.39 is 0 Å². The fourth-order valence-corrected chi connectivity index (χ4v) is 2.21. The third-order valence-electron chi connectivity index (χ3n) is 2.42. The van der Waals surface area contributed by atoms with Crippen LogP contribution >= 0.6 is 11.3 Å². The van der Waals surface area contributed by atoms with Gasteiger partial charge in [0.15, 0.2) is 0 Å². The quantitative estimate of drug-likeness (QED) is 0.875. The average Bonchev–Trinajstić information content (AvgIpc) is 2.87. The highest BCUT2D eigenvalue weighted by Crippen LogP contribution is 2.19. The number of carbonyl (C=O) groups is 1. The molecule has 100 valence electrons. The number of nitrogens with one attached hydrogen (secondary N) is 2. The molecule has 0 unspecified atom stereocenters. The van der Waals surface area contributed by atoms with E-state index in [-0.39, 0.29) is 5.91 Å². The first-order valence-electron chi connectivity index (χ1n) is 6.06. The van der Waals surface area contributed by atoms with Gasteiger partial charge >= 0.3 is 0 Å². The minimum absolute atomic E-state index is 0.211. The molecule has 0 radical (unpaired) electrons. The monoisotopic (exact) mass is 277 g/mol. The molecule has 2 aromatic rings. The summed E-state index contributed by atoms with van der Waals surface area (Å²) in [7, 11) is 0. The first-order valence-corrected chi connectivity index (χ1v) is 6.87. The van der Waals surface area contributed by atoms with E-state index in [1.807, 2.05) is 13.8 Å². The highest BCUT2D eigenvalue weighted by Gasteiger charge is 2.13. The van der Waals surface area contributed by atoms with Crippen LogP contribution in [0.15, 0.2) is 18.5 Å². The molecular weight excluding hydrogens is 262 g/mol. The summed E-state index contributed by atoms with van der Waals surface area (Å²) in [5.74, 6) is -0.211. The topological polar surface area (TPSA) is 79.8 Å². The van der Waals surface area contributed by atoms with Crippen molar-refractivity contribution in [1.82, 2.24) is 15.2 Å². The maximum atomic E-state index is 12.2. The number of pyridine rings is 1. The van der Waals surface area contributed by atoms with E-state index in [0.29, 0.717) is 16.4 Å². The average molecular weight is 277 g/mol. The van der Waals surface area contributed by atoms with Gasteiger partial charge in [0.05, 0.1) is 17.4 Å². The van der Waals surface area contributed by atoms with E-state index in [1.165, 1.54) is 11.3 Å². The lowest BCUT2D eigenvalue weighted by Gasteiger charge is -2.08. The van der Waals surface area contributed by atoms with E-state index in [9.17, 15) is 4.79 Å². The second-order valence-corrected chi connectivity index (χ2v) is 4.82. The van der Waals surface area contributed by atoms with Gasteiger partial charge in [-0.1, -0.05) is 18.3 Å². The van der Waals surface area contributed by atoms with Crippen LogP contribution in [-0.2, 0) is 6.42 Å². The lowest BCUT2D eigenvalue weighted by molar-refractivity contribution is 0.102. The Balaban J connectivity index is 2.15. The van der Waals surface area contributed by atoms with Crippen molar-refractivity contribution in [3.05, 3.63) is 29.0 Å². The summed E-state index contributed by atoms with van der Waals surface area (Å²) in [4.78, 5) is 16.2. The predicted molar refractivity (Wildman–Crippen MR) is 75.6 cm³/mol. The molecule has 0 aliphatic heterocycles. The second kappa shape index (κ2) is 6.24. The standard InChI is InChI=1S/C12H15N5OS/c1-3-10-16-17-12(19-10)15-11(18)8-5-6-13-7-9(8)14-4-2/h5-7,14H,3-4H2,1-2H3,(H,15,17,18). The van der Waals surface area contributed by atoms with Crippen molar-refractivity contribution in [3.63, 3.8) is 0 Å². The molecule has 7 heteroatoms. The molecule has 19 heavy (non-hydrogen) atoms. The number of amides is 1. The van der Waals surface area contributed by atoms with Crippen molar-refractivity contribution in [2.75, 3.05) is 17.2 Å². The lowest BCUT2D eigenvalue weighted by atomic mass is 10.2. The van der Waals surface area contributed by atoms with E-state index in [4.69, 9.17) is 0 Å². The minimum Gasteiger partial charge on any atom is -0.383 e. The summed E-state index contributed by atoms with van der Waals surface area (Å²) in [6.07, 6.45) is 4.04. The van der Waals surface area contributed by atoms with Gasteiger partial charge < -0.3 is 5.32 Å². The zero-order valence-corrected chi connectivity index (χ0v) is 11.6. The summed E-state index contributed by atoms with van der Waals surface area (Å²) in [5.41, 5.74) is 1.26. The minimum atomic E-state index is -0.211. The van der Waals surface area contributed by atoms with Crippen molar-refractivity contribution >= 4 is 28.1 Å². The van der Waals surface area contributed by atoms with E-state index >= 15 is 0 Å². The number of hydrogen-bond donors (Lipinski definition) is 2. The molecule has 2 N–H and O–H groups in total. The highest BCUT2D eigenvalue weighted by atomic mass is 32.1. The first-order chi connectivity index (χ1) is 9.24. The number of rotatable bonds is 5. The molecule has 0 bridgehead atoms. The van der Waals surface area contributed by atoms with Crippen molar-refractivity contribution in [3.8, 4) is 0 Å². The molecule has 0 spiro atoms. The summed E-state index contributed by atoms with van der Waals surface area (Å²) >= 11 is 1.38. The van der Waals surface area contributed by atoms with Gasteiger partial charge in [0.25, 0.3) is 5.91 Å². The number of carbonyl (C=O) groups excluding carboxylic acids is 1. The molecule has 0 saturated heterocycles. The van der Waals surface area contributed by atoms with Gasteiger partial charge in [0.1, 0.15) is 5.01 Å². The van der Waals surface area contributed by atoms with Crippen LogP contribution in [0.25, 0.3) is 0 Å². The Labute approximate surface area is 115 Å². The summed E-state index contributed by atoms with van der Waals surface area (Å²) in [5, 5.41) is 15.2. The molecule has 6 nitrogen and oxygen atoms in total. The van der Waals surface area contributed by atoms with Gasteiger partial charge in [-0.2, -0.15) is 0 Å². The van der Waals surface area contributed by atoms with Gasteiger partial charge in [-0.25, -0.2) is 0 Å². The Hall–Kier alpha value is -2.02. The van der Waals surface area contributed by atoms with Crippen molar-refractivity contribution < 1.29 is 4.79 Å². The van der Waals surface area contributed by atoms with Crippen LogP contribution in [0.1, 0.15) is 29.2 Å². The fraction of sp³-hybridized carbons (Fsp3) is 0.333. The van der Waals surface area contributed by atoms with Gasteiger partial charge in [0, 0.05) is 12.7 Å². The molecule has 1 amide bonds. The number of hydrogen-bond acceptors (Lipinski definition) is 6. The summed E-state index contributed by atoms with van der Waals surface area (Å²) < 4.78 is 0. The van der Waals surface area contributed by atoms with E-state index in [0.717, 1.165) is 18.0 Å². The maximum Gasteiger partial charge on any atom is 0.259 e. The van der Waals surface area contributed by atoms with Crippen LogP contribution in [0.2, 0.25) is 0 Å². The predicted octanol–water partition coefficient (Wildman–Crippen LogP) is 2.18. The van der Waals surface area contributed by atoms with Crippen LogP contribution in [-0.4, -0.2) is 27.6 Å². The maximum absolute atomic E-state index is 12.2. The first kappa shape index (κ1) is 13.4. The highest BCUT2D eigenvalue weighted by molar-refractivity contribution is 7.15. The molecule has 0 atom stereocenters.